The predicted octanol–water partition coefficient (Wildman–Crippen LogP) is 4.14. The van der Waals surface area contributed by atoms with Gasteiger partial charge in [-0.2, -0.15) is 0 Å². The number of nitrogens with one attached hydrogen (secondary N) is 4. The van der Waals surface area contributed by atoms with E-state index >= 15 is 0 Å². The van der Waals surface area contributed by atoms with E-state index in [1.165, 1.54) is 12.1 Å². The maximum Gasteiger partial charge on any atom is 0.211 e. The Morgan fingerprint density at radius 1 is 1.13 bits per heavy atom. The fraction of sp³-hybridized carbons (Fsp3) is 0.0455. The highest BCUT2D eigenvalue weighted by Gasteiger charge is 2.13. The molecule has 0 spiro atoms. The van der Waals surface area contributed by atoms with E-state index in [0.29, 0.717) is 34.9 Å². The van der Waals surface area contributed by atoms with Crippen LogP contribution in [0.25, 0.3) is 11.0 Å². The maximum atomic E-state index is 12.5. The Labute approximate surface area is 176 Å². The van der Waals surface area contributed by atoms with Gasteiger partial charge in [0, 0.05) is 30.1 Å². The molecule has 3 aromatic carbocycles. The molecule has 0 unspecified atom stereocenters. The normalized spacial score (nSPS) is 10.2. The van der Waals surface area contributed by atoms with Crippen LogP contribution in [0.1, 0.15) is 11.4 Å². The van der Waals surface area contributed by atoms with Crippen LogP contribution in [0.15, 0.2) is 60.7 Å². The number of hydrogen-bond acceptors (Lipinski definition) is 5. The quantitative estimate of drug-likeness (QED) is 0.189. The molecular weight excluding hydrogens is 402 g/mol. The molecule has 7 nitrogen and oxygen atoms in total. The average Bonchev–Trinajstić information content (AvgIpc) is 3.20. The second-order valence-electron chi connectivity index (χ2n) is 6.42. The van der Waals surface area contributed by atoms with Crippen LogP contribution in [0.4, 0.5) is 25.8 Å². The number of halogens is 2. The van der Waals surface area contributed by atoms with Crippen LogP contribution in [0.5, 0.6) is 0 Å². The van der Waals surface area contributed by atoms with Gasteiger partial charge < -0.3 is 21.4 Å². The molecule has 0 aliphatic rings. The van der Waals surface area contributed by atoms with E-state index in [1.54, 1.807) is 25.2 Å². The van der Waals surface area contributed by atoms with Gasteiger partial charge in [-0.25, -0.2) is 13.8 Å². The second-order valence-corrected chi connectivity index (χ2v) is 6.42. The van der Waals surface area contributed by atoms with Crippen LogP contribution in [0.3, 0.4) is 0 Å². The molecule has 31 heavy (non-hydrogen) atoms. The number of H-pyrrole nitrogens is 1. The lowest BCUT2D eigenvalue weighted by Gasteiger charge is -2.07. The van der Waals surface area contributed by atoms with Crippen molar-refractivity contribution in [3.8, 4) is 0 Å². The molecule has 0 saturated carbocycles. The van der Waals surface area contributed by atoms with Gasteiger partial charge in [0.25, 0.3) is 0 Å². The Bertz CT molecular complexity index is 1200. The van der Waals surface area contributed by atoms with E-state index in [2.05, 4.69) is 20.6 Å². The summed E-state index contributed by atoms with van der Waals surface area (Å²) < 4.78 is 24.8. The van der Waals surface area contributed by atoms with Gasteiger partial charge in [0.1, 0.15) is 17.3 Å². The van der Waals surface area contributed by atoms with Crippen molar-refractivity contribution in [2.75, 3.05) is 23.4 Å². The lowest BCUT2D eigenvalue weighted by molar-refractivity contribution is -0.105. The van der Waals surface area contributed by atoms with E-state index in [0.717, 1.165) is 17.1 Å². The van der Waals surface area contributed by atoms with Gasteiger partial charge in [-0.3, -0.25) is 10.2 Å². The van der Waals surface area contributed by atoms with Gasteiger partial charge in [-0.15, -0.1) is 0 Å². The number of para-hydroxylation sites is 2. The van der Waals surface area contributed by atoms with Crippen molar-refractivity contribution in [2.45, 2.75) is 0 Å². The minimum atomic E-state index is -0.567. The van der Waals surface area contributed by atoms with Gasteiger partial charge in [0.2, 0.25) is 6.41 Å². The van der Waals surface area contributed by atoms with Crippen LogP contribution in [-0.4, -0.2) is 29.1 Å². The summed E-state index contributed by atoms with van der Waals surface area (Å²) in [6.07, 6.45) is 0.583. The van der Waals surface area contributed by atoms with Crippen LogP contribution >= 0.6 is 0 Å². The van der Waals surface area contributed by atoms with Gasteiger partial charge >= 0.3 is 0 Å². The lowest BCUT2D eigenvalue weighted by atomic mass is 10.1. The minimum absolute atomic E-state index is 0.179. The monoisotopic (exact) mass is 422 g/mol. The summed E-state index contributed by atoms with van der Waals surface area (Å²) in [6.45, 7) is 0. The van der Waals surface area contributed by atoms with Crippen molar-refractivity contribution < 1.29 is 13.6 Å². The molecule has 4 aromatic rings. The topological polar surface area (TPSA) is 120 Å². The molecule has 0 aliphatic heterocycles. The largest absolute Gasteiger partial charge is 0.398 e. The van der Waals surface area contributed by atoms with Crippen molar-refractivity contribution in [1.82, 2.24) is 9.97 Å². The standard InChI is InChI=1S/C15H13N5O.C7H7F2N/c16-11-6-5-9(18-8-21)7-10(11)14(17)15-19-12-3-1-2-4-13(12)20-15;1-10-7-3-2-5(8)4-6(7)9/h1-8,17H,16H2,(H,18,21)(H,19,20);2-4,10H,1H3. The van der Waals surface area contributed by atoms with Gasteiger partial charge in [-0.1, -0.05) is 12.1 Å². The number of aromatic nitrogens is 2. The SMILES string of the molecule is CNc1ccc(F)cc1F.N=C(c1nc2ccccc2[nH]1)c1cc(NC=O)ccc1N. The van der Waals surface area contributed by atoms with E-state index < -0.39 is 11.6 Å². The number of hydrogen-bond donors (Lipinski definition) is 5. The Morgan fingerprint density at radius 2 is 1.90 bits per heavy atom. The van der Waals surface area contributed by atoms with Crippen molar-refractivity contribution in [3.05, 3.63) is 83.7 Å². The molecule has 1 aromatic heterocycles. The zero-order valence-electron chi connectivity index (χ0n) is 16.5. The van der Waals surface area contributed by atoms with Crippen LogP contribution in [0, 0.1) is 17.0 Å². The summed E-state index contributed by atoms with van der Waals surface area (Å²) in [6, 6.07) is 15.9. The number of imidazole rings is 1. The van der Waals surface area contributed by atoms with Gasteiger partial charge in [-0.05, 0) is 42.5 Å². The molecule has 0 atom stereocenters. The zero-order chi connectivity index (χ0) is 22.4. The molecule has 4 rings (SSSR count). The Balaban J connectivity index is 0.000000229. The molecule has 0 aliphatic carbocycles. The first-order valence-electron chi connectivity index (χ1n) is 9.19. The number of nitrogens with zero attached hydrogens (tertiary/aromatic N) is 1. The molecule has 158 valence electrons. The number of aromatic amines is 1. The summed E-state index contributed by atoms with van der Waals surface area (Å²) in [4.78, 5) is 18.0. The fourth-order valence-electron chi connectivity index (χ4n) is 2.82. The number of anilines is 3. The fourth-order valence-corrected chi connectivity index (χ4v) is 2.82. The highest BCUT2D eigenvalue weighted by atomic mass is 19.1. The molecule has 0 saturated heterocycles. The van der Waals surface area contributed by atoms with Crippen molar-refractivity contribution in [3.63, 3.8) is 0 Å². The molecule has 1 heterocycles. The van der Waals surface area contributed by atoms with Crippen molar-refractivity contribution >= 4 is 40.2 Å². The highest BCUT2D eigenvalue weighted by molar-refractivity contribution is 6.13. The third-order valence-electron chi connectivity index (χ3n) is 4.37. The number of nitrogen functional groups attached to an aromatic ring is 1. The number of fused-ring (bicyclic) bond motifs is 1. The third-order valence-corrected chi connectivity index (χ3v) is 4.37. The predicted molar refractivity (Wildman–Crippen MR) is 118 cm³/mol. The molecular formula is C22H20F2N6O. The lowest BCUT2D eigenvalue weighted by Crippen LogP contribution is -2.08. The highest BCUT2D eigenvalue weighted by Crippen LogP contribution is 2.21. The molecule has 0 fully saturated rings. The molecule has 1 amide bonds. The molecule has 9 heteroatoms. The Hall–Kier alpha value is -4.27. The number of carbonyl (C=O) groups excluding carboxylic acids is 1. The number of rotatable bonds is 5. The first-order valence-corrected chi connectivity index (χ1v) is 9.19. The summed E-state index contributed by atoms with van der Waals surface area (Å²) >= 11 is 0. The molecule has 0 radical (unpaired) electrons. The van der Waals surface area contributed by atoms with E-state index in [9.17, 15) is 13.6 Å². The first kappa shape index (κ1) is 21.4. The average molecular weight is 422 g/mol. The number of nitrogens with two attached hydrogens (primary N) is 1. The summed E-state index contributed by atoms with van der Waals surface area (Å²) in [5.74, 6) is -0.690. The van der Waals surface area contributed by atoms with E-state index in [4.69, 9.17) is 11.1 Å². The van der Waals surface area contributed by atoms with E-state index in [1.807, 2.05) is 24.3 Å². The maximum absolute atomic E-state index is 12.5. The summed E-state index contributed by atoms with van der Waals surface area (Å²) in [7, 11) is 1.58. The van der Waals surface area contributed by atoms with Crippen LogP contribution in [-0.2, 0) is 4.79 Å². The van der Waals surface area contributed by atoms with Gasteiger partial charge in [0.05, 0.1) is 16.7 Å². The van der Waals surface area contributed by atoms with Crippen molar-refractivity contribution in [1.29, 1.82) is 5.41 Å². The first-order chi connectivity index (χ1) is 14.9. The van der Waals surface area contributed by atoms with Crippen LogP contribution < -0.4 is 16.4 Å². The Kier molecular flexibility index (Phi) is 6.56. The van der Waals surface area contributed by atoms with Crippen molar-refractivity contribution in [2.24, 2.45) is 0 Å². The second kappa shape index (κ2) is 9.49. The Morgan fingerprint density at radius 3 is 2.58 bits per heavy atom. The third kappa shape index (κ3) is 5.02. The number of carbonyl (C=O) groups is 1. The molecule has 0 bridgehead atoms. The number of amides is 1. The zero-order valence-corrected chi connectivity index (χ0v) is 16.5. The van der Waals surface area contributed by atoms with E-state index in [-0.39, 0.29) is 5.71 Å². The summed E-state index contributed by atoms with van der Waals surface area (Å²) in [5.41, 5.74) is 9.60. The minimum Gasteiger partial charge on any atom is -0.398 e. The summed E-state index contributed by atoms with van der Waals surface area (Å²) in [5, 5.41) is 13.4. The molecule has 6 N–H and O–H groups in total. The number of benzene rings is 3. The smallest absolute Gasteiger partial charge is 0.211 e. The van der Waals surface area contributed by atoms with Gasteiger partial charge in [0.15, 0.2) is 5.82 Å². The van der Waals surface area contributed by atoms with Crippen LogP contribution in [0.2, 0.25) is 0 Å².